The first-order chi connectivity index (χ1) is 16.9. The quantitative estimate of drug-likeness (QED) is 0.671. The Hall–Kier alpha value is -2.49. The molecule has 2 heterocycles. The predicted molar refractivity (Wildman–Crippen MR) is 137 cm³/mol. The monoisotopic (exact) mass is 500 g/mol. The van der Waals surface area contributed by atoms with E-state index < -0.39 is 0 Å². The third-order valence-electron chi connectivity index (χ3n) is 7.14. The van der Waals surface area contributed by atoms with Gasteiger partial charge in [-0.3, -0.25) is 14.5 Å². The van der Waals surface area contributed by atoms with E-state index in [9.17, 15) is 9.59 Å². The van der Waals surface area contributed by atoms with Crippen LogP contribution < -0.4 is 10.1 Å². The van der Waals surface area contributed by atoms with Crippen molar-refractivity contribution in [3.05, 3.63) is 40.3 Å². The first kappa shape index (κ1) is 25.6. The van der Waals surface area contributed by atoms with Gasteiger partial charge in [0.05, 0.1) is 18.2 Å². The van der Waals surface area contributed by atoms with Crippen LogP contribution in [-0.4, -0.2) is 72.6 Å². The maximum atomic E-state index is 13.4. The SMILES string of the molecule is CO[C@H]1CN(C)C(=O)c2ccc(NC(=O)C3CCC3)cc2OC[C@H](C)N(Cc2nccs2)C[C@@H]1C. The minimum atomic E-state index is -0.126. The van der Waals surface area contributed by atoms with Crippen LogP contribution in [0.1, 0.15) is 48.5 Å². The minimum absolute atomic E-state index is 0.0349. The van der Waals surface area contributed by atoms with Gasteiger partial charge in [-0.2, -0.15) is 0 Å². The molecule has 1 aliphatic heterocycles. The van der Waals surface area contributed by atoms with Gasteiger partial charge in [0.1, 0.15) is 17.4 Å². The van der Waals surface area contributed by atoms with E-state index in [-0.39, 0.29) is 35.8 Å². The number of amides is 2. The number of anilines is 1. The molecule has 1 aromatic carbocycles. The molecule has 1 N–H and O–H groups in total. The zero-order valence-corrected chi connectivity index (χ0v) is 21.8. The molecule has 1 aliphatic carbocycles. The first-order valence-corrected chi connectivity index (χ1v) is 13.2. The van der Waals surface area contributed by atoms with E-state index >= 15 is 0 Å². The molecular weight excluding hydrogens is 464 g/mol. The molecule has 4 rings (SSSR count). The Morgan fingerprint density at radius 2 is 2.09 bits per heavy atom. The highest BCUT2D eigenvalue weighted by Gasteiger charge is 2.29. The normalized spacial score (nSPS) is 24.5. The zero-order valence-electron chi connectivity index (χ0n) is 21.0. The summed E-state index contributed by atoms with van der Waals surface area (Å²) < 4.78 is 12.1. The predicted octanol–water partition coefficient (Wildman–Crippen LogP) is 3.89. The molecule has 0 bridgehead atoms. The van der Waals surface area contributed by atoms with Crippen molar-refractivity contribution in [3.63, 3.8) is 0 Å². The van der Waals surface area contributed by atoms with Gasteiger partial charge in [-0.25, -0.2) is 4.98 Å². The van der Waals surface area contributed by atoms with E-state index in [1.807, 2.05) is 11.6 Å². The van der Waals surface area contributed by atoms with Crippen LogP contribution in [0.4, 0.5) is 5.69 Å². The first-order valence-electron chi connectivity index (χ1n) is 12.3. The number of hydrogen-bond donors (Lipinski definition) is 1. The Labute approximate surface area is 211 Å². The van der Waals surface area contributed by atoms with E-state index in [1.54, 1.807) is 48.6 Å². The highest BCUT2D eigenvalue weighted by molar-refractivity contribution is 7.09. The largest absolute Gasteiger partial charge is 0.491 e. The molecule has 2 amide bonds. The van der Waals surface area contributed by atoms with Crippen LogP contribution in [0.25, 0.3) is 0 Å². The fourth-order valence-electron chi connectivity index (χ4n) is 4.56. The Morgan fingerprint density at radius 1 is 1.29 bits per heavy atom. The van der Waals surface area contributed by atoms with E-state index in [4.69, 9.17) is 9.47 Å². The average Bonchev–Trinajstić information content (AvgIpc) is 3.31. The number of hydrogen-bond acceptors (Lipinski definition) is 7. The fraction of sp³-hybridized carbons (Fsp3) is 0.577. The average molecular weight is 501 g/mol. The summed E-state index contributed by atoms with van der Waals surface area (Å²) in [6, 6.07) is 5.38. The third-order valence-corrected chi connectivity index (χ3v) is 7.91. The van der Waals surface area contributed by atoms with E-state index in [1.165, 1.54) is 0 Å². The maximum absolute atomic E-state index is 13.4. The number of carbonyl (C=O) groups excluding carboxylic acids is 2. The van der Waals surface area contributed by atoms with Gasteiger partial charge in [0.2, 0.25) is 5.91 Å². The van der Waals surface area contributed by atoms with Crippen molar-refractivity contribution in [3.8, 4) is 5.75 Å². The molecule has 8 nitrogen and oxygen atoms in total. The van der Waals surface area contributed by atoms with E-state index in [0.717, 1.165) is 37.4 Å². The van der Waals surface area contributed by atoms with Crippen LogP contribution in [0, 0.1) is 11.8 Å². The number of nitrogens with zero attached hydrogens (tertiary/aromatic N) is 3. The van der Waals surface area contributed by atoms with Crippen molar-refractivity contribution in [2.75, 3.05) is 39.2 Å². The van der Waals surface area contributed by atoms with Crippen LogP contribution >= 0.6 is 11.3 Å². The summed E-state index contributed by atoms with van der Waals surface area (Å²) >= 11 is 1.64. The molecule has 35 heavy (non-hydrogen) atoms. The van der Waals surface area contributed by atoms with Crippen molar-refractivity contribution < 1.29 is 19.1 Å². The van der Waals surface area contributed by atoms with Gasteiger partial charge in [0, 0.05) is 62.5 Å². The standard InChI is InChI=1S/C26H36N4O4S/c1-17-13-30(15-24-27-10-11-35-24)18(2)16-34-22-12-20(28-25(31)19-6-5-7-19)8-9-21(22)26(32)29(3)14-23(17)33-4/h8-12,17-19,23H,5-7,13-16H2,1-4H3,(H,28,31)/t17-,18-,23-/m0/s1. The number of thiazole rings is 1. The lowest BCUT2D eigenvalue weighted by molar-refractivity contribution is -0.122. The van der Waals surface area contributed by atoms with Crippen LogP contribution in [0.2, 0.25) is 0 Å². The minimum Gasteiger partial charge on any atom is -0.491 e. The van der Waals surface area contributed by atoms with Gasteiger partial charge in [0.25, 0.3) is 5.91 Å². The zero-order chi connectivity index (χ0) is 24.9. The molecule has 0 saturated heterocycles. The number of carbonyl (C=O) groups is 2. The summed E-state index contributed by atoms with van der Waals surface area (Å²) in [6.45, 7) is 6.67. The molecule has 1 aromatic heterocycles. The van der Waals surface area contributed by atoms with Gasteiger partial charge in [-0.15, -0.1) is 11.3 Å². The molecule has 0 unspecified atom stereocenters. The summed E-state index contributed by atoms with van der Waals surface area (Å²) in [5.74, 6) is 0.668. The number of aromatic nitrogens is 1. The molecule has 9 heteroatoms. The number of fused-ring (bicyclic) bond motifs is 1. The van der Waals surface area contributed by atoms with Crippen molar-refractivity contribution in [1.82, 2.24) is 14.8 Å². The lowest BCUT2D eigenvalue weighted by Crippen LogP contribution is -2.46. The number of ether oxygens (including phenoxy) is 2. The van der Waals surface area contributed by atoms with E-state index in [2.05, 4.69) is 29.0 Å². The van der Waals surface area contributed by atoms with Gasteiger partial charge >= 0.3 is 0 Å². The number of methoxy groups -OCH3 is 1. The van der Waals surface area contributed by atoms with Crippen LogP contribution in [0.15, 0.2) is 29.8 Å². The number of likely N-dealkylation sites (N-methyl/N-ethyl adjacent to an activating group) is 1. The Kier molecular flexibility index (Phi) is 8.41. The molecule has 1 fully saturated rings. The molecule has 2 aliphatic rings. The van der Waals surface area contributed by atoms with Crippen molar-refractivity contribution in [2.45, 2.75) is 51.8 Å². The smallest absolute Gasteiger partial charge is 0.257 e. The molecule has 2 aromatic rings. The van der Waals surface area contributed by atoms with Gasteiger partial charge in [0.15, 0.2) is 0 Å². The number of nitrogens with one attached hydrogen (secondary N) is 1. The molecule has 3 atom stereocenters. The van der Waals surface area contributed by atoms with Crippen molar-refractivity contribution in [1.29, 1.82) is 0 Å². The Morgan fingerprint density at radius 3 is 2.74 bits per heavy atom. The van der Waals surface area contributed by atoms with Crippen LogP contribution in [0.5, 0.6) is 5.75 Å². The van der Waals surface area contributed by atoms with E-state index in [0.29, 0.717) is 30.2 Å². The highest BCUT2D eigenvalue weighted by atomic mass is 32.1. The Balaban J connectivity index is 1.61. The molecule has 190 valence electrons. The lowest BCUT2D eigenvalue weighted by atomic mass is 9.85. The Bertz CT molecular complexity index is 1010. The second kappa shape index (κ2) is 11.5. The lowest BCUT2D eigenvalue weighted by Gasteiger charge is -2.35. The third kappa shape index (κ3) is 6.20. The summed E-state index contributed by atoms with van der Waals surface area (Å²) in [5, 5.41) is 6.04. The number of benzene rings is 1. The van der Waals surface area contributed by atoms with Crippen molar-refractivity contribution >= 4 is 28.8 Å². The molecule has 0 spiro atoms. The van der Waals surface area contributed by atoms with Gasteiger partial charge < -0.3 is 19.7 Å². The summed E-state index contributed by atoms with van der Waals surface area (Å²) in [6.07, 6.45) is 4.68. The summed E-state index contributed by atoms with van der Waals surface area (Å²) in [7, 11) is 3.49. The number of rotatable bonds is 5. The molecular formula is C26H36N4O4S. The highest BCUT2D eigenvalue weighted by Crippen LogP contribution is 2.30. The van der Waals surface area contributed by atoms with Gasteiger partial charge in [-0.1, -0.05) is 13.3 Å². The summed E-state index contributed by atoms with van der Waals surface area (Å²) in [4.78, 5) is 34.4. The van der Waals surface area contributed by atoms with Crippen LogP contribution in [0.3, 0.4) is 0 Å². The maximum Gasteiger partial charge on any atom is 0.257 e. The topological polar surface area (TPSA) is 84.0 Å². The molecule has 1 saturated carbocycles. The van der Waals surface area contributed by atoms with Crippen molar-refractivity contribution in [2.24, 2.45) is 11.8 Å². The molecule has 0 radical (unpaired) electrons. The second-order valence-corrected chi connectivity index (χ2v) is 10.8. The van der Waals surface area contributed by atoms with Crippen LogP contribution in [-0.2, 0) is 16.1 Å². The fourth-order valence-corrected chi connectivity index (χ4v) is 5.21. The van der Waals surface area contributed by atoms with Gasteiger partial charge in [-0.05, 0) is 37.8 Å². The second-order valence-electron chi connectivity index (χ2n) is 9.78. The summed E-state index contributed by atoms with van der Waals surface area (Å²) in [5.41, 5.74) is 1.13.